The van der Waals surface area contributed by atoms with Crippen molar-refractivity contribution in [1.29, 1.82) is 0 Å². The molecular formula is C14H17FN2O. The van der Waals surface area contributed by atoms with E-state index in [0.717, 1.165) is 5.56 Å². The lowest BCUT2D eigenvalue weighted by molar-refractivity contribution is -0.126. The first-order chi connectivity index (χ1) is 8.61. The Hall–Kier alpha value is -1.84. The molecule has 1 aliphatic rings. The molecule has 4 heteroatoms. The largest absolute Gasteiger partial charge is 0.366 e. The van der Waals surface area contributed by atoms with Gasteiger partial charge in [-0.25, -0.2) is 4.39 Å². The molecular weight excluding hydrogens is 231 g/mol. The summed E-state index contributed by atoms with van der Waals surface area (Å²) in [6, 6.07) is 5.10. The first-order valence-electron chi connectivity index (χ1n) is 6.04. The molecule has 3 nitrogen and oxygen atoms in total. The van der Waals surface area contributed by atoms with Crippen molar-refractivity contribution in [1.82, 2.24) is 4.90 Å². The second kappa shape index (κ2) is 5.21. The highest BCUT2D eigenvalue weighted by atomic mass is 19.1. The fourth-order valence-electron chi connectivity index (χ4n) is 2.16. The Labute approximate surface area is 107 Å². The second-order valence-electron chi connectivity index (χ2n) is 4.47. The van der Waals surface area contributed by atoms with Crippen LogP contribution >= 0.6 is 0 Å². The van der Waals surface area contributed by atoms with Crippen LogP contribution in [0.15, 0.2) is 30.9 Å². The zero-order valence-corrected chi connectivity index (χ0v) is 10.5. The van der Waals surface area contributed by atoms with Crippen molar-refractivity contribution in [3.8, 4) is 0 Å². The van der Waals surface area contributed by atoms with E-state index in [2.05, 4.69) is 6.58 Å². The van der Waals surface area contributed by atoms with E-state index < -0.39 is 0 Å². The van der Waals surface area contributed by atoms with E-state index in [0.29, 0.717) is 31.9 Å². The van der Waals surface area contributed by atoms with Crippen molar-refractivity contribution in [2.24, 2.45) is 0 Å². The first kappa shape index (κ1) is 12.6. The summed E-state index contributed by atoms with van der Waals surface area (Å²) in [5.41, 5.74) is 1.66. The summed E-state index contributed by atoms with van der Waals surface area (Å²) < 4.78 is 13.7. The van der Waals surface area contributed by atoms with E-state index in [1.165, 1.54) is 12.1 Å². The zero-order valence-electron chi connectivity index (χ0n) is 10.5. The summed E-state index contributed by atoms with van der Waals surface area (Å²) in [7, 11) is 0. The Morgan fingerprint density at radius 2 is 2.00 bits per heavy atom. The summed E-state index contributed by atoms with van der Waals surface area (Å²) in [4.78, 5) is 15.2. The van der Waals surface area contributed by atoms with Gasteiger partial charge in [-0.05, 0) is 30.7 Å². The molecule has 0 aliphatic carbocycles. The van der Waals surface area contributed by atoms with Gasteiger partial charge in [-0.1, -0.05) is 12.6 Å². The lowest BCUT2D eigenvalue weighted by Gasteiger charge is -2.35. The Morgan fingerprint density at radius 1 is 1.33 bits per heavy atom. The molecule has 1 aromatic carbocycles. The highest BCUT2D eigenvalue weighted by Gasteiger charge is 2.21. The van der Waals surface area contributed by atoms with Gasteiger partial charge in [0, 0.05) is 26.2 Å². The van der Waals surface area contributed by atoms with E-state index in [9.17, 15) is 9.18 Å². The predicted octanol–water partition coefficient (Wildman–Crippen LogP) is 1.97. The van der Waals surface area contributed by atoms with Crippen LogP contribution < -0.4 is 4.90 Å². The van der Waals surface area contributed by atoms with Crippen LogP contribution in [0.2, 0.25) is 0 Å². The molecule has 0 radical (unpaired) electrons. The number of aryl methyl sites for hydroxylation is 1. The number of hydrogen-bond acceptors (Lipinski definition) is 2. The van der Waals surface area contributed by atoms with Gasteiger partial charge < -0.3 is 9.80 Å². The number of nitrogens with zero attached hydrogens (tertiary/aromatic N) is 2. The van der Waals surface area contributed by atoms with E-state index in [4.69, 9.17) is 0 Å². The molecule has 0 N–H and O–H groups in total. The van der Waals surface area contributed by atoms with Crippen LogP contribution in [0.1, 0.15) is 5.56 Å². The third kappa shape index (κ3) is 2.53. The van der Waals surface area contributed by atoms with Crippen molar-refractivity contribution in [3.63, 3.8) is 0 Å². The van der Waals surface area contributed by atoms with Gasteiger partial charge in [0.05, 0.1) is 5.69 Å². The lowest BCUT2D eigenvalue weighted by atomic mass is 10.2. The monoisotopic (exact) mass is 248 g/mol. The molecule has 0 bridgehead atoms. The van der Waals surface area contributed by atoms with Crippen molar-refractivity contribution in [2.75, 3.05) is 31.1 Å². The Morgan fingerprint density at radius 3 is 2.61 bits per heavy atom. The van der Waals surface area contributed by atoms with Crippen LogP contribution in [0, 0.1) is 12.7 Å². The summed E-state index contributed by atoms with van der Waals surface area (Å²) in [6.07, 6.45) is 1.32. The van der Waals surface area contributed by atoms with Crippen LogP contribution in [0.4, 0.5) is 10.1 Å². The average molecular weight is 248 g/mol. The topological polar surface area (TPSA) is 23.6 Å². The molecule has 1 aliphatic heterocycles. The minimum atomic E-state index is -0.205. The molecule has 18 heavy (non-hydrogen) atoms. The molecule has 0 unspecified atom stereocenters. The fourth-order valence-corrected chi connectivity index (χ4v) is 2.16. The fraction of sp³-hybridized carbons (Fsp3) is 0.357. The van der Waals surface area contributed by atoms with E-state index in [-0.39, 0.29) is 11.7 Å². The number of amides is 1. The zero-order chi connectivity index (χ0) is 13.1. The predicted molar refractivity (Wildman–Crippen MR) is 70.1 cm³/mol. The smallest absolute Gasteiger partial charge is 0.246 e. The number of halogens is 1. The normalized spacial score (nSPS) is 15.7. The lowest BCUT2D eigenvalue weighted by Crippen LogP contribution is -2.48. The van der Waals surface area contributed by atoms with E-state index >= 15 is 0 Å². The molecule has 96 valence electrons. The SMILES string of the molecule is C=CC(=O)N1CCN(c2cc(C)ccc2F)CC1. The van der Waals surface area contributed by atoms with Gasteiger partial charge in [-0.3, -0.25) is 4.79 Å². The van der Waals surface area contributed by atoms with Crippen LogP contribution in [0.25, 0.3) is 0 Å². The van der Waals surface area contributed by atoms with Gasteiger partial charge in [0.1, 0.15) is 5.82 Å². The van der Waals surface area contributed by atoms with Crippen molar-refractivity contribution in [3.05, 3.63) is 42.2 Å². The third-order valence-electron chi connectivity index (χ3n) is 3.21. The molecule has 1 aromatic rings. The van der Waals surface area contributed by atoms with Crippen LogP contribution in [-0.2, 0) is 4.79 Å². The molecule has 1 fully saturated rings. The van der Waals surface area contributed by atoms with E-state index in [1.54, 1.807) is 11.0 Å². The van der Waals surface area contributed by atoms with Crippen LogP contribution in [0.3, 0.4) is 0 Å². The summed E-state index contributed by atoms with van der Waals surface area (Å²) >= 11 is 0. The van der Waals surface area contributed by atoms with Gasteiger partial charge in [-0.2, -0.15) is 0 Å². The minimum absolute atomic E-state index is 0.0561. The molecule has 0 aromatic heterocycles. The van der Waals surface area contributed by atoms with Crippen LogP contribution in [-0.4, -0.2) is 37.0 Å². The number of piperazine rings is 1. The minimum Gasteiger partial charge on any atom is -0.366 e. The number of carbonyl (C=O) groups excluding carboxylic acids is 1. The van der Waals surface area contributed by atoms with Crippen LogP contribution in [0.5, 0.6) is 0 Å². The van der Waals surface area contributed by atoms with Crippen molar-refractivity contribution < 1.29 is 9.18 Å². The standard InChI is InChI=1S/C14H17FN2O/c1-3-14(18)17-8-6-16(7-9-17)13-10-11(2)4-5-12(13)15/h3-5,10H,1,6-9H2,2H3. The van der Waals surface area contributed by atoms with E-state index in [1.807, 2.05) is 17.9 Å². The molecule has 0 atom stereocenters. The number of benzene rings is 1. The first-order valence-corrected chi connectivity index (χ1v) is 6.04. The van der Waals surface area contributed by atoms with Gasteiger partial charge in [0.15, 0.2) is 0 Å². The summed E-state index contributed by atoms with van der Waals surface area (Å²) in [5, 5.41) is 0. The van der Waals surface area contributed by atoms with Gasteiger partial charge in [0.25, 0.3) is 0 Å². The third-order valence-corrected chi connectivity index (χ3v) is 3.21. The maximum absolute atomic E-state index is 13.7. The van der Waals surface area contributed by atoms with Crippen molar-refractivity contribution >= 4 is 11.6 Å². The molecule has 0 spiro atoms. The summed E-state index contributed by atoms with van der Waals surface area (Å²) in [6.45, 7) is 7.94. The Balaban J connectivity index is 2.07. The second-order valence-corrected chi connectivity index (χ2v) is 4.47. The Bertz CT molecular complexity index is 465. The molecule has 1 saturated heterocycles. The molecule has 1 amide bonds. The Kier molecular flexibility index (Phi) is 3.65. The van der Waals surface area contributed by atoms with Crippen molar-refractivity contribution in [2.45, 2.75) is 6.92 Å². The molecule has 1 heterocycles. The average Bonchev–Trinajstić information content (AvgIpc) is 2.41. The van der Waals surface area contributed by atoms with Gasteiger partial charge in [0.2, 0.25) is 5.91 Å². The number of rotatable bonds is 2. The number of carbonyl (C=O) groups is 1. The number of anilines is 1. The number of hydrogen-bond donors (Lipinski definition) is 0. The van der Waals surface area contributed by atoms with Gasteiger partial charge >= 0.3 is 0 Å². The quantitative estimate of drug-likeness (QED) is 0.747. The van der Waals surface area contributed by atoms with Gasteiger partial charge in [-0.15, -0.1) is 0 Å². The maximum atomic E-state index is 13.7. The molecule has 0 saturated carbocycles. The highest BCUT2D eigenvalue weighted by Crippen LogP contribution is 2.22. The maximum Gasteiger partial charge on any atom is 0.246 e. The molecule has 2 rings (SSSR count). The summed E-state index contributed by atoms with van der Waals surface area (Å²) in [5.74, 6) is -0.261. The highest BCUT2D eigenvalue weighted by molar-refractivity contribution is 5.87.